The Balaban J connectivity index is 2.58. The highest BCUT2D eigenvalue weighted by atomic mass is 32.2. The molecule has 0 unspecified atom stereocenters. The van der Waals surface area contributed by atoms with Crippen LogP contribution >= 0.6 is 0 Å². The van der Waals surface area contributed by atoms with Crippen molar-refractivity contribution in [2.24, 2.45) is 5.92 Å². The van der Waals surface area contributed by atoms with Gasteiger partial charge >= 0.3 is 0 Å². The molecule has 0 atom stereocenters. The van der Waals surface area contributed by atoms with Gasteiger partial charge in [-0.25, -0.2) is 8.42 Å². The van der Waals surface area contributed by atoms with E-state index in [2.05, 4.69) is 38.2 Å². The van der Waals surface area contributed by atoms with Crippen LogP contribution in [-0.2, 0) is 9.84 Å². The van der Waals surface area contributed by atoms with Gasteiger partial charge in [-0.2, -0.15) is 0 Å². The molecule has 1 fully saturated rings. The van der Waals surface area contributed by atoms with E-state index in [0.717, 1.165) is 24.1 Å². The second-order valence-electron chi connectivity index (χ2n) is 6.80. The molecule has 4 heteroatoms. The number of hydrogen-bond acceptors (Lipinski definition) is 3. The first kappa shape index (κ1) is 22.0. The lowest BCUT2D eigenvalue weighted by molar-refractivity contribution is 0.351. The molecule has 0 aromatic heterocycles. The first-order valence-electron chi connectivity index (χ1n) is 8.87. The van der Waals surface area contributed by atoms with Crippen LogP contribution in [0.25, 0.3) is 0 Å². The molecule has 0 amide bonds. The summed E-state index contributed by atoms with van der Waals surface area (Å²) in [6, 6.07) is 0. The maximum absolute atomic E-state index is 11.6. The standard InChI is InChI=1S/C22H31NO2S/c1-7-22(26(6,24)25)15-19(4)17(2)13-14-18(3)20(5)23-16-21-11-9-8-10-12-21/h7,13-15,21,23H,1-5,8-12,16H2,6H3/b14-13-,22-15+. The van der Waals surface area contributed by atoms with E-state index in [1.807, 2.05) is 6.08 Å². The van der Waals surface area contributed by atoms with Gasteiger partial charge in [-0.3, -0.25) is 0 Å². The summed E-state index contributed by atoms with van der Waals surface area (Å²) in [4.78, 5) is 0.120. The average molecular weight is 374 g/mol. The zero-order chi connectivity index (χ0) is 19.7. The molecule has 0 aromatic rings. The lowest BCUT2D eigenvalue weighted by Crippen LogP contribution is -2.24. The Kier molecular flexibility index (Phi) is 8.59. The molecular formula is C22H31NO2S. The van der Waals surface area contributed by atoms with Crippen LogP contribution in [0.15, 0.2) is 84.5 Å². The van der Waals surface area contributed by atoms with E-state index in [1.165, 1.54) is 44.3 Å². The van der Waals surface area contributed by atoms with Crippen molar-refractivity contribution in [2.75, 3.05) is 12.8 Å². The number of hydrogen-bond donors (Lipinski definition) is 1. The number of sulfone groups is 1. The third-order valence-corrected chi connectivity index (χ3v) is 5.70. The minimum Gasteiger partial charge on any atom is -0.385 e. The Morgan fingerprint density at radius 2 is 1.58 bits per heavy atom. The summed E-state index contributed by atoms with van der Waals surface area (Å²) in [5.41, 5.74) is 2.68. The van der Waals surface area contributed by atoms with Crippen molar-refractivity contribution in [1.82, 2.24) is 5.32 Å². The molecule has 0 aromatic carbocycles. The Labute approximate surface area is 159 Å². The second-order valence-corrected chi connectivity index (χ2v) is 8.81. The summed E-state index contributed by atoms with van der Waals surface area (Å²) in [6.07, 6.45) is 14.0. The largest absolute Gasteiger partial charge is 0.385 e. The van der Waals surface area contributed by atoms with Crippen molar-refractivity contribution in [3.63, 3.8) is 0 Å². The van der Waals surface area contributed by atoms with E-state index in [9.17, 15) is 8.42 Å². The zero-order valence-electron chi connectivity index (χ0n) is 15.9. The van der Waals surface area contributed by atoms with Crippen molar-refractivity contribution >= 4 is 9.84 Å². The smallest absolute Gasteiger partial charge is 0.175 e. The first-order chi connectivity index (χ1) is 12.1. The van der Waals surface area contributed by atoms with E-state index in [-0.39, 0.29) is 4.91 Å². The highest BCUT2D eigenvalue weighted by Gasteiger charge is 2.13. The molecule has 142 valence electrons. The van der Waals surface area contributed by atoms with Crippen LogP contribution in [0.1, 0.15) is 32.1 Å². The quantitative estimate of drug-likeness (QED) is 0.548. The van der Waals surface area contributed by atoms with Gasteiger partial charge in [0.05, 0.1) is 4.91 Å². The molecule has 1 rings (SSSR count). The van der Waals surface area contributed by atoms with Crippen molar-refractivity contribution < 1.29 is 8.42 Å². The van der Waals surface area contributed by atoms with Gasteiger partial charge in [-0.15, -0.1) is 0 Å². The highest BCUT2D eigenvalue weighted by molar-refractivity contribution is 7.94. The summed E-state index contributed by atoms with van der Waals surface area (Å²) in [5.74, 6) is 0.713. The van der Waals surface area contributed by atoms with E-state index < -0.39 is 9.84 Å². The molecule has 26 heavy (non-hydrogen) atoms. The third-order valence-electron chi connectivity index (χ3n) is 4.56. The monoisotopic (exact) mass is 373 g/mol. The average Bonchev–Trinajstić information content (AvgIpc) is 2.61. The fourth-order valence-electron chi connectivity index (χ4n) is 2.76. The molecule has 0 saturated heterocycles. The van der Waals surface area contributed by atoms with E-state index in [4.69, 9.17) is 0 Å². The second kappa shape index (κ2) is 10.2. The first-order valence-corrected chi connectivity index (χ1v) is 10.8. The minimum atomic E-state index is -3.33. The molecule has 3 nitrogen and oxygen atoms in total. The van der Waals surface area contributed by atoms with E-state index in [0.29, 0.717) is 17.1 Å². The summed E-state index contributed by atoms with van der Waals surface area (Å²) in [7, 11) is -3.33. The highest BCUT2D eigenvalue weighted by Crippen LogP contribution is 2.23. The van der Waals surface area contributed by atoms with Crippen LogP contribution in [0, 0.1) is 5.92 Å². The molecular weight excluding hydrogens is 342 g/mol. The van der Waals surface area contributed by atoms with Crippen molar-refractivity contribution in [3.05, 3.63) is 84.5 Å². The van der Waals surface area contributed by atoms with Crippen LogP contribution in [0.5, 0.6) is 0 Å². The summed E-state index contributed by atoms with van der Waals surface area (Å²) in [5, 5.41) is 3.36. The SMILES string of the molecule is C=C/C(=C\C(=C)C(=C)/C=C\C(=C)C(=C)NCC1CCCCC1)S(C)(=O)=O. The third kappa shape index (κ3) is 7.44. The summed E-state index contributed by atoms with van der Waals surface area (Å²) < 4.78 is 23.2. The number of allylic oxidation sites excluding steroid dienone is 6. The van der Waals surface area contributed by atoms with Crippen LogP contribution in [0.4, 0.5) is 0 Å². The predicted molar refractivity (Wildman–Crippen MR) is 113 cm³/mol. The van der Waals surface area contributed by atoms with Gasteiger partial charge in [0.15, 0.2) is 9.84 Å². The lowest BCUT2D eigenvalue weighted by atomic mass is 9.89. The van der Waals surface area contributed by atoms with Crippen LogP contribution in [0.2, 0.25) is 0 Å². The number of rotatable bonds is 10. The molecule has 0 aliphatic heterocycles. The van der Waals surface area contributed by atoms with Crippen molar-refractivity contribution in [1.29, 1.82) is 0 Å². The molecule has 0 heterocycles. The van der Waals surface area contributed by atoms with Crippen LogP contribution < -0.4 is 5.32 Å². The molecule has 1 saturated carbocycles. The predicted octanol–water partition coefficient (Wildman–Crippen LogP) is 5.01. The topological polar surface area (TPSA) is 46.2 Å². The maximum atomic E-state index is 11.6. The fourth-order valence-corrected chi connectivity index (χ4v) is 3.42. The Hall–Kier alpha value is -2.07. The molecule has 0 spiro atoms. The van der Waals surface area contributed by atoms with Crippen molar-refractivity contribution in [2.45, 2.75) is 32.1 Å². The molecule has 0 radical (unpaired) electrons. The molecule has 0 bridgehead atoms. The van der Waals surface area contributed by atoms with Crippen LogP contribution in [0.3, 0.4) is 0 Å². The van der Waals surface area contributed by atoms with Gasteiger partial charge in [0.1, 0.15) is 0 Å². The van der Waals surface area contributed by atoms with Gasteiger partial charge in [0.2, 0.25) is 0 Å². The van der Waals surface area contributed by atoms with Gasteiger partial charge in [0, 0.05) is 18.5 Å². The van der Waals surface area contributed by atoms with Gasteiger partial charge < -0.3 is 5.32 Å². The Bertz CT molecular complexity index is 745. The summed E-state index contributed by atoms with van der Waals surface area (Å²) in [6.45, 7) is 20.3. The van der Waals surface area contributed by atoms with E-state index in [1.54, 1.807) is 6.08 Å². The van der Waals surface area contributed by atoms with E-state index >= 15 is 0 Å². The van der Waals surface area contributed by atoms with Gasteiger partial charge in [-0.05, 0) is 41.6 Å². The Morgan fingerprint density at radius 1 is 1.00 bits per heavy atom. The molecule has 1 aliphatic rings. The summed E-state index contributed by atoms with van der Waals surface area (Å²) >= 11 is 0. The molecule has 1 N–H and O–H groups in total. The van der Waals surface area contributed by atoms with Gasteiger partial charge in [0.25, 0.3) is 0 Å². The van der Waals surface area contributed by atoms with Crippen LogP contribution in [-0.4, -0.2) is 21.2 Å². The normalized spacial score (nSPS) is 16.3. The van der Waals surface area contributed by atoms with Crippen molar-refractivity contribution in [3.8, 4) is 0 Å². The Morgan fingerprint density at radius 3 is 2.12 bits per heavy atom. The zero-order valence-corrected chi connectivity index (χ0v) is 16.7. The maximum Gasteiger partial charge on any atom is 0.175 e. The number of nitrogens with one attached hydrogen (secondary N) is 1. The minimum absolute atomic E-state index is 0.120. The van der Waals surface area contributed by atoms with Gasteiger partial charge in [-0.1, -0.05) is 70.4 Å². The fraction of sp³-hybridized carbons (Fsp3) is 0.364. The lowest BCUT2D eigenvalue weighted by Gasteiger charge is -2.23. The molecule has 1 aliphatic carbocycles.